The molecule has 1 unspecified atom stereocenters. The van der Waals surface area contributed by atoms with Crippen LogP contribution in [0.1, 0.15) is 6.92 Å². The largest absolute Gasteiger partial charge is 0.417 e. The SMILES string of the molecule is CC(CN1CCNCC1)O[SiH](C)C. The molecule has 1 N–H and O–H groups in total. The van der Waals surface area contributed by atoms with Crippen LogP contribution in [0.25, 0.3) is 0 Å². The third-order valence-corrected chi connectivity index (χ3v) is 3.24. The quantitative estimate of drug-likeness (QED) is 0.663. The van der Waals surface area contributed by atoms with Gasteiger partial charge >= 0.3 is 0 Å². The predicted molar refractivity (Wildman–Crippen MR) is 58.7 cm³/mol. The average molecular weight is 202 g/mol. The topological polar surface area (TPSA) is 24.5 Å². The zero-order valence-corrected chi connectivity index (χ0v) is 10.2. The molecule has 3 nitrogen and oxygen atoms in total. The summed E-state index contributed by atoms with van der Waals surface area (Å²) in [6.45, 7) is 12.4. The highest BCUT2D eigenvalue weighted by atomic mass is 28.3. The van der Waals surface area contributed by atoms with Gasteiger partial charge in [-0.3, -0.25) is 4.90 Å². The number of piperazine rings is 1. The number of hydrogen-bond acceptors (Lipinski definition) is 3. The molecule has 1 rings (SSSR count). The molecule has 1 aliphatic rings. The summed E-state index contributed by atoms with van der Waals surface area (Å²) in [6, 6.07) is 0. The summed E-state index contributed by atoms with van der Waals surface area (Å²) < 4.78 is 5.83. The zero-order chi connectivity index (χ0) is 9.68. The molecule has 0 aromatic heterocycles. The Morgan fingerprint density at radius 1 is 1.38 bits per heavy atom. The average Bonchev–Trinajstić information content (AvgIpc) is 2.04. The molecule has 1 atom stereocenters. The van der Waals surface area contributed by atoms with Crippen molar-refractivity contribution in [3.8, 4) is 0 Å². The van der Waals surface area contributed by atoms with Crippen LogP contribution < -0.4 is 5.32 Å². The zero-order valence-electron chi connectivity index (χ0n) is 9.05. The molecule has 0 bridgehead atoms. The van der Waals surface area contributed by atoms with Gasteiger partial charge in [0.15, 0.2) is 9.04 Å². The van der Waals surface area contributed by atoms with Gasteiger partial charge in [0.25, 0.3) is 0 Å². The molecule has 0 amide bonds. The molecule has 78 valence electrons. The molecule has 0 radical (unpaired) electrons. The Kier molecular flexibility index (Phi) is 4.94. The van der Waals surface area contributed by atoms with Crippen molar-refractivity contribution in [2.24, 2.45) is 0 Å². The second-order valence-electron chi connectivity index (χ2n) is 4.05. The van der Waals surface area contributed by atoms with E-state index in [4.69, 9.17) is 4.43 Å². The van der Waals surface area contributed by atoms with E-state index < -0.39 is 9.04 Å². The predicted octanol–water partition coefficient (Wildman–Crippen LogP) is 0.280. The fourth-order valence-electron chi connectivity index (χ4n) is 1.76. The lowest BCUT2D eigenvalue weighted by atomic mass is 10.3. The number of rotatable bonds is 4. The van der Waals surface area contributed by atoms with Gasteiger partial charge in [0, 0.05) is 32.7 Å². The second kappa shape index (κ2) is 5.75. The van der Waals surface area contributed by atoms with Crippen LogP contribution in [-0.2, 0) is 4.43 Å². The molecule has 13 heavy (non-hydrogen) atoms. The summed E-state index contributed by atoms with van der Waals surface area (Å²) in [5.74, 6) is 0. The van der Waals surface area contributed by atoms with Gasteiger partial charge in [-0.05, 0) is 20.0 Å². The van der Waals surface area contributed by atoms with Crippen LogP contribution in [0.4, 0.5) is 0 Å². The van der Waals surface area contributed by atoms with E-state index >= 15 is 0 Å². The van der Waals surface area contributed by atoms with Crippen LogP contribution in [0.3, 0.4) is 0 Å². The van der Waals surface area contributed by atoms with Gasteiger partial charge in [-0.15, -0.1) is 0 Å². The Labute approximate surface area is 83.2 Å². The van der Waals surface area contributed by atoms with Gasteiger partial charge in [0.05, 0.1) is 6.10 Å². The van der Waals surface area contributed by atoms with Gasteiger partial charge < -0.3 is 9.74 Å². The molecule has 0 aliphatic carbocycles. The van der Waals surface area contributed by atoms with Gasteiger partial charge in [0.2, 0.25) is 0 Å². The summed E-state index contributed by atoms with van der Waals surface area (Å²) in [5.41, 5.74) is 0. The minimum absolute atomic E-state index is 0.421. The second-order valence-corrected chi connectivity index (χ2v) is 6.42. The summed E-state index contributed by atoms with van der Waals surface area (Å²) in [4.78, 5) is 2.48. The lowest BCUT2D eigenvalue weighted by Gasteiger charge is -2.30. The van der Waals surface area contributed by atoms with Crippen molar-refractivity contribution in [1.29, 1.82) is 0 Å². The standard InChI is InChI=1S/C9H22N2OSi/c1-9(12-13(2)3)8-11-6-4-10-5-7-11/h9-10,13H,4-8H2,1-3H3. The van der Waals surface area contributed by atoms with Crippen molar-refractivity contribution < 1.29 is 4.43 Å². The molecule has 0 aromatic rings. The van der Waals surface area contributed by atoms with E-state index in [0.717, 1.165) is 19.6 Å². The Morgan fingerprint density at radius 2 is 2.00 bits per heavy atom. The lowest BCUT2D eigenvalue weighted by molar-refractivity contribution is 0.136. The fourth-order valence-corrected chi connectivity index (χ4v) is 2.78. The minimum Gasteiger partial charge on any atom is -0.417 e. The Bertz CT molecular complexity index is 138. The maximum atomic E-state index is 5.83. The Balaban J connectivity index is 2.14. The molecule has 1 heterocycles. The van der Waals surface area contributed by atoms with Crippen molar-refractivity contribution in [3.05, 3.63) is 0 Å². The maximum Gasteiger partial charge on any atom is 0.171 e. The van der Waals surface area contributed by atoms with E-state index in [0.29, 0.717) is 6.10 Å². The van der Waals surface area contributed by atoms with Crippen LogP contribution in [0, 0.1) is 0 Å². The van der Waals surface area contributed by atoms with Crippen LogP contribution in [0.2, 0.25) is 13.1 Å². The normalized spacial score (nSPS) is 22.2. The smallest absolute Gasteiger partial charge is 0.171 e. The van der Waals surface area contributed by atoms with E-state index in [1.165, 1.54) is 13.1 Å². The monoisotopic (exact) mass is 202 g/mol. The van der Waals surface area contributed by atoms with Crippen LogP contribution in [0.5, 0.6) is 0 Å². The van der Waals surface area contributed by atoms with Gasteiger partial charge in [-0.1, -0.05) is 0 Å². The number of nitrogens with one attached hydrogen (secondary N) is 1. The van der Waals surface area contributed by atoms with E-state index in [1.807, 2.05) is 0 Å². The molecule has 1 aliphatic heterocycles. The first kappa shape index (κ1) is 11.2. The first-order valence-corrected chi connectivity index (χ1v) is 8.05. The molecular weight excluding hydrogens is 180 g/mol. The third kappa shape index (κ3) is 4.76. The van der Waals surface area contributed by atoms with E-state index in [2.05, 4.69) is 30.2 Å². The number of hydrogen-bond donors (Lipinski definition) is 1. The molecule has 1 saturated heterocycles. The Hall–Kier alpha value is 0.0969. The van der Waals surface area contributed by atoms with Crippen molar-refractivity contribution in [3.63, 3.8) is 0 Å². The maximum absolute atomic E-state index is 5.83. The highest BCUT2D eigenvalue weighted by Gasteiger charge is 2.13. The fraction of sp³-hybridized carbons (Fsp3) is 1.00. The highest BCUT2D eigenvalue weighted by molar-refractivity contribution is 6.48. The Morgan fingerprint density at radius 3 is 2.54 bits per heavy atom. The summed E-state index contributed by atoms with van der Waals surface area (Å²) in [7, 11) is -0.843. The van der Waals surface area contributed by atoms with Crippen molar-refractivity contribution in [2.75, 3.05) is 32.7 Å². The van der Waals surface area contributed by atoms with E-state index in [9.17, 15) is 0 Å². The first-order valence-electron chi connectivity index (χ1n) is 5.27. The van der Waals surface area contributed by atoms with Crippen molar-refractivity contribution in [1.82, 2.24) is 10.2 Å². The van der Waals surface area contributed by atoms with Crippen LogP contribution >= 0.6 is 0 Å². The van der Waals surface area contributed by atoms with Gasteiger partial charge in [-0.25, -0.2) is 0 Å². The molecule has 0 spiro atoms. The van der Waals surface area contributed by atoms with E-state index in [1.54, 1.807) is 0 Å². The van der Waals surface area contributed by atoms with Gasteiger partial charge in [-0.2, -0.15) is 0 Å². The van der Waals surface area contributed by atoms with Gasteiger partial charge in [0.1, 0.15) is 0 Å². The first-order chi connectivity index (χ1) is 6.18. The lowest BCUT2D eigenvalue weighted by Crippen LogP contribution is -2.46. The summed E-state index contributed by atoms with van der Waals surface area (Å²) in [5, 5.41) is 3.35. The molecule has 1 fully saturated rings. The number of nitrogens with zero attached hydrogens (tertiary/aromatic N) is 1. The third-order valence-electron chi connectivity index (χ3n) is 2.23. The van der Waals surface area contributed by atoms with Crippen molar-refractivity contribution >= 4 is 9.04 Å². The molecule has 0 aromatic carbocycles. The minimum atomic E-state index is -0.843. The summed E-state index contributed by atoms with van der Waals surface area (Å²) in [6.07, 6.45) is 0.421. The van der Waals surface area contributed by atoms with Crippen molar-refractivity contribution in [2.45, 2.75) is 26.1 Å². The molecular formula is C9H22N2OSi. The molecule has 4 heteroatoms. The van der Waals surface area contributed by atoms with Crippen LogP contribution in [0.15, 0.2) is 0 Å². The highest BCUT2D eigenvalue weighted by Crippen LogP contribution is 2.00. The molecule has 0 saturated carbocycles. The van der Waals surface area contributed by atoms with Crippen LogP contribution in [-0.4, -0.2) is 52.8 Å². The van der Waals surface area contributed by atoms with E-state index in [-0.39, 0.29) is 0 Å². The summed E-state index contributed by atoms with van der Waals surface area (Å²) >= 11 is 0.